The summed E-state index contributed by atoms with van der Waals surface area (Å²) in [6, 6.07) is 14.3. The average Bonchev–Trinajstić information content (AvgIpc) is 2.54. The van der Waals surface area contributed by atoms with Crippen LogP contribution in [-0.4, -0.2) is 22.0 Å². The summed E-state index contributed by atoms with van der Waals surface area (Å²) in [6.07, 6.45) is 1.54. The van der Waals surface area contributed by atoms with Crippen LogP contribution in [0.25, 0.3) is 10.9 Å². The van der Waals surface area contributed by atoms with E-state index < -0.39 is 0 Å². The Hall–Kier alpha value is -2.49. The van der Waals surface area contributed by atoms with E-state index in [2.05, 4.69) is 40.4 Å². The molecule has 3 aromatic rings. The molecule has 0 saturated carbocycles. The van der Waals surface area contributed by atoms with Crippen molar-refractivity contribution in [2.45, 2.75) is 19.8 Å². The second-order valence-electron chi connectivity index (χ2n) is 4.94. The summed E-state index contributed by atoms with van der Waals surface area (Å²) in [4.78, 5) is 13.7. The van der Waals surface area contributed by atoms with Gasteiger partial charge >= 0.3 is 0 Å². The van der Waals surface area contributed by atoms with Crippen LogP contribution in [0.4, 0.5) is 5.82 Å². The van der Waals surface area contributed by atoms with Crippen LogP contribution in [0.2, 0.25) is 0 Å². The molecule has 0 atom stereocenters. The predicted octanol–water partition coefficient (Wildman–Crippen LogP) is 3.22. The van der Waals surface area contributed by atoms with Gasteiger partial charge in [0.1, 0.15) is 11.6 Å². The van der Waals surface area contributed by atoms with Gasteiger partial charge in [-0.25, -0.2) is 9.97 Å². The zero-order chi connectivity index (χ0) is 14.7. The lowest BCUT2D eigenvalue weighted by molar-refractivity contribution is 0.892. The Balaban J connectivity index is 1.94. The van der Waals surface area contributed by atoms with Crippen molar-refractivity contribution in [3.05, 3.63) is 59.7 Å². The molecule has 4 heteroatoms. The molecule has 0 radical (unpaired) electrons. The van der Waals surface area contributed by atoms with Crippen LogP contribution in [-0.2, 0) is 12.8 Å². The van der Waals surface area contributed by atoms with Gasteiger partial charge in [0.05, 0.1) is 11.2 Å². The number of rotatable bonds is 4. The Morgan fingerprint density at radius 3 is 2.62 bits per heavy atom. The minimum absolute atomic E-state index is 0.717. The maximum Gasteiger partial charge on any atom is 0.130 e. The molecule has 0 unspecified atom stereocenters. The van der Waals surface area contributed by atoms with Crippen molar-refractivity contribution in [3.8, 4) is 0 Å². The third-order valence-corrected chi connectivity index (χ3v) is 3.42. The quantitative estimate of drug-likeness (QED) is 0.796. The second-order valence-corrected chi connectivity index (χ2v) is 4.94. The highest BCUT2D eigenvalue weighted by molar-refractivity contribution is 5.78. The van der Waals surface area contributed by atoms with Crippen LogP contribution >= 0.6 is 0 Å². The minimum Gasteiger partial charge on any atom is -0.373 e. The van der Waals surface area contributed by atoms with E-state index in [9.17, 15) is 0 Å². The van der Waals surface area contributed by atoms with Crippen LogP contribution in [0.15, 0.2) is 42.5 Å². The van der Waals surface area contributed by atoms with E-state index in [1.165, 1.54) is 0 Å². The summed E-state index contributed by atoms with van der Waals surface area (Å²) in [7, 11) is 1.87. The molecule has 0 spiro atoms. The van der Waals surface area contributed by atoms with E-state index in [-0.39, 0.29) is 0 Å². The molecular formula is C17H18N4. The van der Waals surface area contributed by atoms with Gasteiger partial charge in [-0.15, -0.1) is 0 Å². The summed E-state index contributed by atoms with van der Waals surface area (Å²) in [6.45, 7) is 2.06. The highest BCUT2D eigenvalue weighted by atomic mass is 15.0. The van der Waals surface area contributed by atoms with Crippen molar-refractivity contribution in [1.82, 2.24) is 15.0 Å². The fourth-order valence-electron chi connectivity index (χ4n) is 2.32. The second kappa shape index (κ2) is 5.87. The Kier molecular flexibility index (Phi) is 3.77. The molecule has 2 aromatic heterocycles. The summed E-state index contributed by atoms with van der Waals surface area (Å²) in [5.41, 5.74) is 3.04. The largest absolute Gasteiger partial charge is 0.373 e. The maximum absolute atomic E-state index is 4.70. The third-order valence-electron chi connectivity index (χ3n) is 3.42. The monoisotopic (exact) mass is 278 g/mol. The van der Waals surface area contributed by atoms with Crippen LogP contribution in [0.3, 0.4) is 0 Å². The highest BCUT2D eigenvalue weighted by Crippen LogP contribution is 2.15. The normalized spacial score (nSPS) is 10.8. The zero-order valence-electron chi connectivity index (χ0n) is 12.3. The van der Waals surface area contributed by atoms with Gasteiger partial charge < -0.3 is 5.32 Å². The first-order chi connectivity index (χ1) is 10.3. The first kappa shape index (κ1) is 13.5. The SMILES string of the molecule is CCc1nc(Cc2ccc3ccccc3n2)cc(NC)n1. The van der Waals surface area contributed by atoms with Crippen LogP contribution in [0.1, 0.15) is 24.1 Å². The number of benzene rings is 1. The van der Waals surface area contributed by atoms with Crippen molar-refractivity contribution in [1.29, 1.82) is 0 Å². The fraction of sp³-hybridized carbons (Fsp3) is 0.235. The number of aryl methyl sites for hydroxylation is 1. The van der Waals surface area contributed by atoms with Gasteiger partial charge in [0.2, 0.25) is 0 Å². The summed E-state index contributed by atoms with van der Waals surface area (Å²) in [5.74, 6) is 1.72. The molecule has 0 aliphatic rings. The summed E-state index contributed by atoms with van der Waals surface area (Å²) < 4.78 is 0. The smallest absolute Gasteiger partial charge is 0.130 e. The first-order valence-electron chi connectivity index (χ1n) is 7.17. The van der Waals surface area contributed by atoms with E-state index in [0.29, 0.717) is 0 Å². The van der Waals surface area contributed by atoms with Crippen molar-refractivity contribution in [3.63, 3.8) is 0 Å². The molecule has 0 bridgehead atoms. The molecule has 4 nitrogen and oxygen atoms in total. The van der Waals surface area contributed by atoms with Crippen LogP contribution < -0.4 is 5.32 Å². The Bertz CT molecular complexity index is 745. The number of anilines is 1. The van der Waals surface area contributed by atoms with Gasteiger partial charge in [-0.2, -0.15) is 0 Å². The van der Waals surface area contributed by atoms with Crippen LogP contribution in [0.5, 0.6) is 0 Å². The number of nitrogens with one attached hydrogen (secondary N) is 1. The van der Waals surface area contributed by atoms with E-state index in [1.807, 2.05) is 31.3 Å². The Labute approximate surface area is 124 Å². The number of nitrogens with zero attached hydrogens (tertiary/aromatic N) is 3. The Morgan fingerprint density at radius 2 is 1.81 bits per heavy atom. The number of hydrogen-bond acceptors (Lipinski definition) is 4. The number of para-hydroxylation sites is 1. The molecular weight excluding hydrogens is 260 g/mol. The molecule has 0 fully saturated rings. The minimum atomic E-state index is 0.717. The maximum atomic E-state index is 4.70. The number of pyridine rings is 1. The lowest BCUT2D eigenvalue weighted by Crippen LogP contribution is -2.04. The van der Waals surface area contributed by atoms with Crippen molar-refractivity contribution in [2.75, 3.05) is 12.4 Å². The van der Waals surface area contributed by atoms with E-state index in [0.717, 1.165) is 46.8 Å². The van der Waals surface area contributed by atoms with Gasteiger partial charge in [0.15, 0.2) is 0 Å². The van der Waals surface area contributed by atoms with Gasteiger partial charge in [-0.05, 0) is 12.1 Å². The lowest BCUT2D eigenvalue weighted by Gasteiger charge is -2.07. The number of fused-ring (bicyclic) bond motifs is 1. The fourth-order valence-corrected chi connectivity index (χ4v) is 2.32. The van der Waals surface area contributed by atoms with Gasteiger partial charge in [-0.1, -0.05) is 31.2 Å². The Morgan fingerprint density at radius 1 is 0.952 bits per heavy atom. The first-order valence-corrected chi connectivity index (χ1v) is 7.17. The molecule has 21 heavy (non-hydrogen) atoms. The summed E-state index contributed by atoms with van der Waals surface area (Å²) in [5, 5.41) is 4.25. The molecule has 1 aromatic carbocycles. The molecule has 0 amide bonds. The lowest BCUT2D eigenvalue weighted by atomic mass is 10.1. The predicted molar refractivity (Wildman–Crippen MR) is 85.5 cm³/mol. The summed E-state index contributed by atoms with van der Waals surface area (Å²) >= 11 is 0. The molecule has 0 aliphatic carbocycles. The van der Waals surface area contributed by atoms with Gasteiger partial charge in [0.25, 0.3) is 0 Å². The van der Waals surface area contributed by atoms with Crippen LogP contribution in [0, 0.1) is 0 Å². The van der Waals surface area contributed by atoms with E-state index >= 15 is 0 Å². The molecule has 3 rings (SSSR count). The number of hydrogen-bond donors (Lipinski definition) is 1. The van der Waals surface area contributed by atoms with E-state index in [4.69, 9.17) is 4.98 Å². The molecule has 106 valence electrons. The third kappa shape index (κ3) is 2.99. The molecule has 2 heterocycles. The highest BCUT2D eigenvalue weighted by Gasteiger charge is 2.05. The number of aromatic nitrogens is 3. The van der Waals surface area contributed by atoms with Crippen molar-refractivity contribution >= 4 is 16.7 Å². The topological polar surface area (TPSA) is 50.7 Å². The molecule has 0 saturated heterocycles. The molecule has 1 N–H and O–H groups in total. The van der Waals surface area contributed by atoms with Crippen molar-refractivity contribution in [2.24, 2.45) is 0 Å². The van der Waals surface area contributed by atoms with E-state index in [1.54, 1.807) is 0 Å². The standard InChI is InChI=1S/C17H18N4/c1-3-16-20-14(11-17(18-2)21-16)10-13-9-8-12-6-4-5-7-15(12)19-13/h4-9,11H,3,10H2,1-2H3,(H,18,20,21). The van der Waals surface area contributed by atoms with Gasteiger partial charge in [-0.3, -0.25) is 4.98 Å². The average molecular weight is 278 g/mol. The molecule has 0 aliphatic heterocycles. The van der Waals surface area contributed by atoms with Gasteiger partial charge in [0, 0.05) is 37.0 Å². The van der Waals surface area contributed by atoms with Crippen molar-refractivity contribution < 1.29 is 0 Å². The zero-order valence-corrected chi connectivity index (χ0v) is 12.3.